The Hall–Kier alpha value is -1.68. The van der Waals surface area contributed by atoms with Gasteiger partial charge in [-0.05, 0) is 64.8 Å². The first-order valence-electron chi connectivity index (χ1n) is 6.13. The summed E-state index contributed by atoms with van der Waals surface area (Å²) in [6.07, 6.45) is 0. The predicted octanol–water partition coefficient (Wildman–Crippen LogP) is 4.17. The van der Waals surface area contributed by atoms with E-state index < -0.39 is 0 Å². The third-order valence-electron chi connectivity index (χ3n) is 2.66. The van der Waals surface area contributed by atoms with Crippen LogP contribution < -0.4 is 10.1 Å². The fourth-order valence-corrected chi connectivity index (χ4v) is 2.25. The van der Waals surface area contributed by atoms with Gasteiger partial charge >= 0.3 is 0 Å². The van der Waals surface area contributed by atoms with Crippen molar-refractivity contribution in [1.29, 1.82) is 0 Å². The zero-order valence-corrected chi connectivity index (χ0v) is 12.3. The van der Waals surface area contributed by atoms with Crippen LogP contribution in [0.3, 0.4) is 0 Å². The van der Waals surface area contributed by atoms with E-state index in [1.165, 1.54) is 0 Å². The molecule has 2 rings (SSSR count). The molecule has 3 nitrogen and oxygen atoms in total. The molecule has 2 N–H and O–H groups in total. The lowest BCUT2D eigenvalue weighted by Gasteiger charge is -2.10. The Bertz CT molecular complexity index is 540. The normalized spacial score (nSPS) is 10.2. The number of aromatic hydroxyl groups is 1. The maximum Gasteiger partial charge on any atom is 0.133 e. The number of rotatable bonds is 5. The minimum atomic E-state index is 0.273. The first kappa shape index (κ1) is 13.7. The Balaban J connectivity index is 1.99. The van der Waals surface area contributed by atoms with E-state index in [2.05, 4.69) is 21.2 Å². The van der Waals surface area contributed by atoms with Crippen molar-refractivity contribution in [2.45, 2.75) is 13.5 Å². The Morgan fingerprint density at radius 3 is 2.53 bits per heavy atom. The van der Waals surface area contributed by atoms with Crippen LogP contribution in [-0.4, -0.2) is 11.7 Å². The van der Waals surface area contributed by atoms with Gasteiger partial charge in [-0.1, -0.05) is 6.07 Å². The average molecular weight is 322 g/mol. The van der Waals surface area contributed by atoms with Crippen LogP contribution in [0.25, 0.3) is 0 Å². The van der Waals surface area contributed by atoms with Gasteiger partial charge in [0, 0.05) is 12.2 Å². The molecule has 0 aromatic heterocycles. The summed E-state index contributed by atoms with van der Waals surface area (Å²) in [6, 6.07) is 13.0. The summed E-state index contributed by atoms with van der Waals surface area (Å²) >= 11 is 3.50. The van der Waals surface area contributed by atoms with E-state index in [1.54, 1.807) is 12.1 Å². The monoisotopic (exact) mass is 321 g/mol. The number of halogens is 1. The van der Waals surface area contributed by atoms with Crippen LogP contribution in [0.1, 0.15) is 12.5 Å². The summed E-state index contributed by atoms with van der Waals surface area (Å²) in [5, 5.41) is 12.5. The molecule has 19 heavy (non-hydrogen) atoms. The van der Waals surface area contributed by atoms with Crippen molar-refractivity contribution in [1.82, 2.24) is 0 Å². The fourth-order valence-electron chi connectivity index (χ4n) is 1.71. The molecule has 0 aliphatic carbocycles. The second-order valence-corrected chi connectivity index (χ2v) is 4.95. The first-order valence-corrected chi connectivity index (χ1v) is 6.92. The molecule has 0 bridgehead atoms. The highest BCUT2D eigenvalue weighted by molar-refractivity contribution is 9.10. The van der Waals surface area contributed by atoms with Crippen LogP contribution in [0.4, 0.5) is 5.69 Å². The van der Waals surface area contributed by atoms with Crippen LogP contribution in [0.2, 0.25) is 0 Å². The molecule has 100 valence electrons. The van der Waals surface area contributed by atoms with Gasteiger partial charge in [0.1, 0.15) is 11.5 Å². The Morgan fingerprint density at radius 1 is 1.16 bits per heavy atom. The quantitative estimate of drug-likeness (QED) is 0.812. The van der Waals surface area contributed by atoms with Gasteiger partial charge in [-0.15, -0.1) is 0 Å². The molecule has 0 atom stereocenters. The van der Waals surface area contributed by atoms with E-state index >= 15 is 0 Å². The van der Waals surface area contributed by atoms with E-state index in [-0.39, 0.29) is 5.75 Å². The lowest BCUT2D eigenvalue weighted by molar-refractivity contribution is 0.338. The number of nitrogens with one attached hydrogen (secondary N) is 1. The highest BCUT2D eigenvalue weighted by atomic mass is 79.9. The summed E-state index contributed by atoms with van der Waals surface area (Å²) in [5.74, 6) is 1.13. The Kier molecular flexibility index (Phi) is 4.68. The largest absolute Gasteiger partial charge is 0.508 e. The molecule has 0 radical (unpaired) electrons. The van der Waals surface area contributed by atoms with Crippen LogP contribution >= 0.6 is 15.9 Å². The molecule has 0 saturated heterocycles. The molecule has 0 spiro atoms. The molecule has 4 heteroatoms. The molecule has 0 amide bonds. The third-order valence-corrected chi connectivity index (χ3v) is 3.28. The molecular weight excluding hydrogens is 306 g/mol. The summed E-state index contributed by atoms with van der Waals surface area (Å²) in [6.45, 7) is 3.34. The zero-order chi connectivity index (χ0) is 13.7. The van der Waals surface area contributed by atoms with Gasteiger partial charge < -0.3 is 15.2 Å². The van der Waals surface area contributed by atoms with Crippen LogP contribution in [-0.2, 0) is 6.54 Å². The first-order chi connectivity index (χ1) is 9.19. The number of benzene rings is 2. The van der Waals surface area contributed by atoms with E-state index in [0.717, 1.165) is 28.0 Å². The second kappa shape index (κ2) is 6.48. The second-order valence-electron chi connectivity index (χ2n) is 4.10. The lowest BCUT2D eigenvalue weighted by atomic mass is 10.2. The number of phenolic OH excluding ortho intramolecular Hbond substituents is 1. The highest BCUT2D eigenvalue weighted by Gasteiger charge is 2.02. The van der Waals surface area contributed by atoms with Crippen molar-refractivity contribution in [3.8, 4) is 11.5 Å². The van der Waals surface area contributed by atoms with Gasteiger partial charge in [-0.25, -0.2) is 0 Å². The summed E-state index contributed by atoms with van der Waals surface area (Å²) < 4.78 is 6.43. The number of phenols is 1. The minimum absolute atomic E-state index is 0.273. The van der Waals surface area contributed by atoms with Gasteiger partial charge in [0.15, 0.2) is 0 Å². The van der Waals surface area contributed by atoms with Gasteiger partial charge in [0.05, 0.1) is 11.1 Å². The molecule has 2 aromatic rings. The smallest absolute Gasteiger partial charge is 0.133 e. The maximum atomic E-state index is 9.21. The standard InChI is InChI=1S/C15H16BrNO2/c1-2-19-15-8-3-11(9-14(15)16)10-17-12-4-6-13(18)7-5-12/h3-9,17-18H,2,10H2,1H3. The number of hydrogen-bond acceptors (Lipinski definition) is 3. The van der Waals surface area contributed by atoms with E-state index in [0.29, 0.717) is 6.61 Å². The Morgan fingerprint density at radius 2 is 1.89 bits per heavy atom. The molecule has 0 saturated carbocycles. The van der Waals surface area contributed by atoms with Crippen molar-refractivity contribution < 1.29 is 9.84 Å². The van der Waals surface area contributed by atoms with Crippen molar-refractivity contribution in [2.75, 3.05) is 11.9 Å². The molecule has 0 fully saturated rings. The SMILES string of the molecule is CCOc1ccc(CNc2ccc(O)cc2)cc1Br. The van der Waals surface area contributed by atoms with Gasteiger partial charge in [-0.3, -0.25) is 0 Å². The van der Waals surface area contributed by atoms with E-state index in [9.17, 15) is 5.11 Å². The van der Waals surface area contributed by atoms with Gasteiger partial charge in [-0.2, -0.15) is 0 Å². The Labute approximate surface area is 121 Å². The third kappa shape index (κ3) is 3.89. The van der Waals surface area contributed by atoms with Crippen molar-refractivity contribution in [2.24, 2.45) is 0 Å². The summed E-state index contributed by atoms with van der Waals surface area (Å²) in [4.78, 5) is 0. The predicted molar refractivity (Wildman–Crippen MR) is 80.7 cm³/mol. The highest BCUT2D eigenvalue weighted by Crippen LogP contribution is 2.26. The van der Waals surface area contributed by atoms with Crippen molar-refractivity contribution >= 4 is 21.6 Å². The van der Waals surface area contributed by atoms with Crippen molar-refractivity contribution in [3.63, 3.8) is 0 Å². The zero-order valence-electron chi connectivity index (χ0n) is 10.7. The topological polar surface area (TPSA) is 41.5 Å². The lowest BCUT2D eigenvalue weighted by Crippen LogP contribution is -2.00. The summed E-state index contributed by atoms with van der Waals surface area (Å²) in [7, 11) is 0. The summed E-state index contributed by atoms with van der Waals surface area (Å²) in [5.41, 5.74) is 2.13. The number of anilines is 1. The molecule has 0 aliphatic rings. The molecule has 0 unspecified atom stereocenters. The van der Waals surface area contributed by atoms with Crippen LogP contribution in [0, 0.1) is 0 Å². The van der Waals surface area contributed by atoms with Gasteiger partial charge in [0.25, 0.3) is 0 Å². The minimum Gasteiger partial charge on any atom is -0.508 e. The molecular formula is C15H16BrNO2. The average Bonchev–Trinajstić information content (AvgIpc) is 2.41. The molecule has 2 aromatic carbocycles. The van der Waals surface area contributed by atoms with Gasteiger partial charge in [0.2, 0.25) is 0 Å². The molecule has 0 aliphatic heterocycles. The van der Waals surface area contributed by atoms with Crippen LogP contribution in [0.5, 0.6) is 11.5 Å². The van der Waals surface area contributed by atoms with Crippen LogP contribution in [0.15, 0.2) is 46.9 Å². The maximum absolute atomic E-state index is 9.21. The number of hydrogen-bond donors (Lipinski definition) is 2. The fraction of sp³-hybridized carbons (Fsp3) is 0.200. The van der Waals surface area contributed by atoms with E-state index in [4.69, 9.17) is 4.74 Å². The van der Waals surface area contributed by atoms with Crippen molar-refractivity contribution in [3.05, 3.63) is 52.5 Å². The number of ether oxygens (including phenoxy) is 1. The van der Waals surface area contributed by atoms with E-state index in [1.807, 2.05) is 37.3 Å². The molecule has 0 heterocycles.